The van der Waals surface area contributed by atoms with E-state index in [1.165, 1.54) is 27.6 Å². The largest absolute Gasteiger partial charge is 0.459 e. The Hall–Kier alpha value is -2.58. The maximum Gasteiger partial charge on any atom is 0.341 e. The van der Waals surface area contributed by atoms with Crippen LogP contribution in [0.15, 0.2) is 29.9 Å². The summed E-state index contributed by atoms with van der Waals surface area (Å²) in [6, 6.07) is 3.81. The second kappa shape index (κ2) is 9.28. The van der Waals surface area contributed by atoms with Crippen molar-refractivity contribution >= 4 is 39.6 Å². The van der Waals surface area contributed by atoms with E-state index in [0.717, 1.165) is 35.4 Å². The minimum absolute atomic E-state index is 0.147. The number of nitrogens with zero attached hydrogens (tertiary/aromatic N) is 2. The Labute approximate surface area is 189 Å². The standard InChI is InChI=1S/C23H25N3O3S2/c1-13(2)29-23(28)20-17-7-6-14(3)9-18(17)31-22(20)26-19(27)10-16-12-30-21(25-16)15-5-4-8-24-11-15/h4-5,8,11-14H,6-7,9-10H2,1-3H3,(H,26,27). The fourth-order valence-electron chi connectivity index (χ4n) is 3.67. The maximum absolute atomic E-state index is 12.8. The van der Waals surface area contributed by atoms with Gasteiger partial charge in [-0.1, -0.05) is 6.92 Å². The van der Waals surface area contributed by atoms with Crippen LogP contribution < -0.4 is 5.32 Å². The highest BCUT2D eigenvalue weighted by molar-refractivity contribution is 7.17. The lowest BCUT2D eigenvalue weighted by atomic mass is 9.88. The van der Waals surface area contributed by atoms with Crippen LogP contribution in [0.5, 0.6) is 0 Å². The molecule has 1 aliphatic carbocycles. The van der Waals surface area contributed by atoms with Crippen molar-refractivity contribution in [2.24, 2.45) is 5.92 Å². The number of anilines is 1. The van der Waals surface area contributed by atoms with E-state index in [9.17, 15) is 9.59 Å². The summed E-state index contributed by atoms with van der Waals surface area (Å²) >= 11 is 2.99. The molecule has 0 radical (unpaired) electrons. The Kier molecular flexibility index (Phi) is 6.48. The molecule has 0 aliphatic heterocycles. The molecule has 0 fully saturated rings. The molecule has 3 aromatic heterocycles. The molecule has 1 amide bonds. The highest BCUT2D eigenvalue weighted by Crippen LogP contribution is 2.40. The van der Waals surface area contributed by atoms with Gasteiger partial charge in [-0.2, -0.15) is 0 Å². The van der Waals surface area contributed by atoms with Gasteiger partial charge in [0.2, 0.25) is 5.91 Å². The molecule has 0 spiro atoms. The minimum Gasteiger partial charge on any atom is -0.459 e. The Morgan fingerprint density at radius 3 is 2.94 bits per heavy atom. The van der Waals surface area contributed by atoms with Crippen molar-refractivity contribution in [1.82, 2.24) is 9.97 Å². The van der Waals surface area contributed by atoms with Crippen molar-refractivity contribution in [3.05, 3.63) is 51.6 Å². The van der Waals surface area contributed by atoms with Gasteiger partial charge in [0.1, 0.15) is 10.0 Å². The number of amides is 1. The lowest BCUT2D eigenvalue weighted by Gasteiger charge is -2.18. The molecule has 0 aromatic carbocycles. The third kappa shape index (κ3) is 5.02. The van der Waals surface area contributed by atoms with Gasteiger partial charge in [-0.25, -0.2) is 9.78 Å². The SMILES string of the molecule is CC1CCc2c(sc(NC(=O)Cc3csc(-c4cccnc4)n3)c2C(=O)OC(C)C)C1. The number of esters is 1. The second-order valence-corrected chi connectivity index (χ2v) is 10.1. The number of fused-ring (bicyclic) bond motifs is 1. The van der Waals surface area contributed by atoms with Gasteiger partial charge in [-0.3, -0.25) is 9.78 Å². The van der Waals surface area contributed by atoms with Crippen molar-refractivity contribution in [3.63, 3.8) is 0 Å². The topological polar surface area (TPSA) is 81.2 Å². The summed E-state index contributed by atoms with van der Waals surface area (Å²) < 4.78 is 5.48. The number of nitrogens with one attached hydrogen (secondary N) is 1. The normalized spacial score (nSPS) is 15.5. The first-order chi connectivity index (χ1) is 14.9. The molecule has 162 valence electrons. The number of aromatic nitrogens is 2. The first-order valence-corrected chi connectivity index (χ1v) is 12.1. The number of hydrogen-bond acceptors (Lipinski definition) is 7. The molecule has 8 heteroatoms. The van der Waals surface area contributed by atoms with Crippen molar-refractivity contribution in [3.8, 4) is 10.6 Å². The number of thiazole rings is 1. The molecule has 1 N–H and O–H groups in total. The van der Waals surface area contributed by atoms with Crippen molar-refractivity contribution < 1.29 is 14.3 Å². The monoisotopic (exact) mass is 455 g/mol. The molecule has 3 aromatic rings. The van der Waals surface area contributed by atoms with Crippen LogP contribution in [0.1, 0.15) is 53.7 Å². The van der Waals surface area contributed by atoms with Gasteiger partial charge in [0.25, 0.3) is 0 Å². The van der Waals surface area contributed by atoms with Gasteiger partial charge >= 0.3 is 5.97 Å². The summed E-state index contributed by atoms with van der Waals surface area (Å²) in [4.78, 5) is 35.5. The summed E-state index contributed by atoms with van der Waals surface area (Å²) in [5, 5.41) is 6.28. The van der Waals surface area contributed by atoms with Gasteiger partial charge in [-0.15, -0.1) is 22.7 Å². The average molecular weight is 456 g/mol. The molecule has 31 heavy (non-hydrogen) atoms. The first-order valence-electron chi connectivity index (χ1n) is 10.4. The highest BCUT2D eigenvalue weighted by atomic mass is 32.1. The molecule has 4 rings (SSSR count). The molecule has 0 saturated heterocycles. The zero-order valence-corrected chi connectivity index (χ0v) is 19.4. The number of hydrogen-bond donors (Lipinski definition) is 1. The second-order valence-electron chi connectivity index (χ2n) is 8.12. The van der Waals surface area contributed by atoms with E-state index in [-0.39, 0.29) is 24.4 Å². The number of thiophene rings is 1. The van der Waals surface area contributed by atoms with Crippen LogP contribution in [0, 0.1) is 5.92 Å². The molecule has 0 saturated carbocycles. The van der Waals surface area contributed by atoms with E-state index in [2.05, 4.69) is 22.2 Å². The molecule has 6 nitrogen and oxygen atoms in total. The van der Waals surface area contributed by atoms with Crippen molar-refractivity contribution in [2.75, 3.05) is 5.32 Å². The predicted octanol–water partition coefficient (Wildman–Crippen LogP) is 5.14. The fraction of sp³-hybridized carbons (Fsp3) is 0.391. The Bertz CT molecular complexity index is 1090. The molecular weight excluding hydrogens is 430 g/mol. The van der Waals surface area contributed by atoms with Crippen LogP contribution >= 0.6 is 22.7 Å². The maximum atomic E-state index is 12.8. The molecule has 0 bridgehead atoms. The lowest BCUT2D eigenvalue weighted by molar-refractivity contribution is -0.115. The highest BCUT2D eigenvalue weighted by Gasteiger charge is 2.29. The van der Waals surface area contributed by atoms with Crippen LogP contribution in [-0.4, -0.2) is 27.9 Å². The van der Waals surface area contributed by atoms with E-state index in [1.807, 2.05) is 31.4 Å². The van der Waals surface area contributed by atoms with E-state index < -0.39 is 0 Å². The number of rotatable bonds is 6. The van der Waals surface area contributed by atoms with Gasteiger partial charge in [0.05, 0.1) is 23.8 Å². The Morgan fingerprint density at radius 1 is 1.35 bits per heavy atom. The predicted molar refractivity (Wildman–Crippen MR) is 124 cm³/mol. The van der Waals surface area contributed by atoms with Gasteiger partial charge in [0.15, 0.2) is 0 Å². The fourth-order valence-corrected chi connectivity index (χ4v) is 5.90. The van der Waals surface area contributed by atoms with E-state index in [0.29, 0.717) is 22.2 Å². The van der Waals surface area contributed by atoms with Crippen LogP contribution in [0.3, 0.4) is 0 Å². The van der Waals surface area contributed by atoms with Crippen LogP contribution in [0.4, 0.5) is 5.00 Å². The van der Waals surface area contributed by atoms with Gasteiger partial charge in [-0.05, 0) is 56.7 Å². The summed E-state index contributed by atoms with van der Waals surface area (Å²) in [6.07, 6.45) is 6.21. The zero-order valence-electron chi connectivity index (χ0n) is 17.8. The van der Waals surface area contributed by atoms with Crippen LogP contribution in [0.2, 0.25) is 0 Å². The van der Waals surface area contributed by atoms with Gasteiger partial charge in [0, 0.05) is 28.2 Å². The number of carbonyl (C=O) groups excluding carboxylic acids is 2. The van der Waals surface area contributed by atoms with Gasteiger partial charge < -0.3 is 10.1 Å². The van der Waals surface area contributed by atoms with Crippen molar-refractivity contribution in [1.29, 1.82) is 0 Å². The third-order valence-corrected chi connectivity index (χ3v) is 7.22. The molecule has 3 heterocycles. The summed E-state index contributed by atoms with van der Waals surface area (Å²) in [6.45, 7) is 5.88. The number of pyridine rings is 1. The molecule has 1 aliphatic rings. The van der Waals surface area contributed by atoms with Crippen molar-refractivity contribution in [2.45, 2.75) is 52.6 Å². The Balaban J connectivity index is 1.53. The van der Waals surface area contributed by atoms with Crippen LogP contribution in [0.25, 0.3) is 10.6 Å². The minimum atomic E-state index is -0.357. The molecule has 1 atom stereocenters. The van der Waals surface area contributed by atoms with Crippen LogP contribution in [-0.2, 0) is 28.8 Å². The first kappa shape index (κ1) is 21.6. The Morgan fingerprint density at radius 2 is 2.19 bits per heavy atom. The van der Waals surface area contributed by atoms with E-state index in [1.54, 1.807) is 12.4 Å². The van der Waals surface area contributed by atoms with E-state index >= 15 is 0 Å². The number of carbonyl (C=O) groups is 2. The summed E-state index contributed by atoms with van der Waals surface area (Å²) in [5.74, 6) is 0.0303. The average Bonchev–Trinajstić information content (AvgIpc) is 3.32. The summed E-state index contributed by atoms with van der Waals surface area (Å²) in [7, 11) is 0. The number of ether oxygens (including phenoxy) is 1. The quantitative estimate of drug-likeness (QED) is 0.521. The zero-order chi connectivity index (χ0) is 22.0. The molecular formula is C23H25N3O3S2. The molecule has 1 unspecified atom stereocenters. The smallest absolute Gasteiger partial charge is 0.341 e. The van der Waals surface area contributed by atoms with E-state index in [4.69, 9.17) is 4.74 Å². The third-order valence-electron chi connectivity index (χ3n) is 5.11. The lowest BCUT2D eigenvalue weighted by Crippen LogP contribution is -2.19. The summed E-state index contributed by atoms with van der Waals surface area (Å²) in [5.41, 5.74) is 3.19.